The van der Waals surface area contributed by atoms with E-state index in [1.807, 2.05) is 0 Å². The first kappa shape index (κ1) is 10.7. The number of anilines is 2. The molecular formula is C11H19N3S. The highest BCUT2D eigenvalue weighted by atomic mass is 32.1. The van der Waals surface area contributed by atoms with Crippen LogP contribution in [-0.2, 0) is 0 Å². The summed E-state index contributed by atoms with van der Waals surface area (Å²) < 4.78 is 0. The highest BCUT2D eigenvalue weighted by Crippen LogP contribution is 2.35. The van der Waals surface area contributed by atoms with Gasteiger partial charge in [0.25, 0.3) is 0 Å². The summed E-state index contributed by atoms with van der Waals surface area (Å²) in [6.45, 7) is 5.65. The molecule has 0 spiro atoms. The number of nitrogens with two attached hydrogens (primary N) is 1. The van der Waals surface area contributed by atoms with E-state index in [-0.39, 0.29) is 0 Å². The number of nitrogens with zero attached hydrogens (tertiary/aromatic N) is 2. The molecular weight excluding hydrogens is 206 g/mol. The smallest absolute Gasteiger partial charge is 0.187 e. The highest BCUT2D eigenvalue weighted by Gasteiger charge is 2.30. The minimum absolute atomic E-state index is 0.731. The molecule has 1 saturated carbocycles. The second-order valence-corrected chi connectivity index (χ2v) is 5.69. The fourth-order valence-corrected chi connectivity index (χ4v) is 2.41. The van der Waals surface area contributed by atoms with E-state index in [0.717, 1.165) is 28.6 Å². The van der Waals surface area contributed by atoms with Crippen LogP contribution in [0.1, 0.15) is 33.1 Å². The van der Waals surface area contributed by atoms with Crippen molar-refractivity contribution in [2.75, 3.05) is 17.2 Å². The van der Waals surface area contributed by atoms with Crippen molar-refractivity contribution in [2.45, 2.75) is 39.2 Å². The van der Waals surface area contributed by atoms with Crippen molar-refractivity contribution in [3.8, 4) is 0 Å². The van der Waals surface area contributed by atoms with Crippen LogP contribution >= 0.6 is 11.3 Å². The number of hydrogen-bond acceptors (Lipinski definition) is 4. The van der Waals surface area contributed by atoms with E-state index in [4.69, 9.17) is 5.73 Å². The topological polar surface area (TPSA) is 42.2 Å². The Kier molecular flexibility index (Phi) is 3.14. The first-order valence-electron chi connectivity index (χ1n) is 5.64. The van der Waals surface area contributed by atoms with Gasteiger partial charge < -0.3 is 10.6 Å². The zero-order valence-electron chi connectivity index (χ0n) is 9.44. The Balaban J connectivity index is 1.99. The van der Waals surface area contributed by atoms with Crippen LogP contribution in [0, 0.1) is 5.92 Å². The monoisotopic (exact) mass is 225 g/mol. The molecule has 1 heterocycles. The molecule has 1 aromatic heterocycles. The Morgan fingerprint density at radius 2 is 2.33 bits per heavy atom. The molecule has 1 fully saturated rings. The van der Waals surface area contributed by atoms with Gasteiger partial charge in [-0.1, -0.05) is 25.2 Å². The Morgan fingerprint density at radius 3 is 2.80 bits per heavy atom. The lowest BCUT2D eigenvalue weighted by Gasteiger charge is -2.22. The van der Waals surface area contributed by atoms with Gasteiger partial charge in [-0.05, 0) is 25.2 Å². The average Bonchev–Trinajstić information content (AvgIpc) is 2.90. The molecule has 84 valence electrons. The molecule has 1 aliphatic rings. The van der Waals surface area contributed by atoms with Crippen molar-refractivity contribution in [1.29, 1.82) is 0 Å². The third-order valence-corrected chi connectivity index (χ3v) is 3.56. The maximum absolute atomic E-state index is 5.72. The van der Waals surface area contributed by atoms with Crippen molar-refractivity contribution in [1.82, 2.24) is 4.98 Å². The fourth-order valence-electron chi connectivity index (χ4n) is 1.63. The summed E-state index contributed by atoms with van der Waals surface area (Å²) in [5, 5.41) is 1.93. The first-order chi connectivity index (χ1) is 7.16. The van der Waals surface area contributed by atoms with Crippen molar-refractivity contribution in [3.05, 3.63) is 6.20 Å². The zero-order chi connectivity index (χ0) is 10.8. The van der Waals surface area contributed by atoms with Crippen LogP contribution in [0.3, 0.4) is 0 Å². The second-order valence-electron chi connectivity index (χ2n) is 4.65. The van der Waals surface area contributed by atoms with Crippen LogP contribution in [0.2, 0.25) is 0 Å². The van der Waals surface area contributed by atoms with Gasteiger partial charge in [-0.25, -0.2) is 4.98 Å². The summed E-state index contributed by atoms with van der Waals surface area (Å²) in [6, 6.07) is 0.731. The number of rotatable bonds is 5. The predicted octanol–water partition coefficient (Wildman–Crippen LogP) is 2.74. The van der Waals surface area contributed by atoms with Gasteiger partial charge in [0.05, 0.1) is 6.20 Å². The minimum Gasteiger partial charge on any atom is -0.389 e. The minimum atomic E-state index is 0.731. The van der Waals surface area contributed by atoms with Gasteiger partial charge >= 0.3 is 0 Å². The Hall–Kier alpha value is -0.770. The van der Waals surface area contributed by atoms with Gasteiger partial charge in [0.15, 0.2) is 5.13 Å². The van der Waals surface area contributed by atoms with Crippen LogP contribution in [0.4, 0.5) is 10.1 Å². The van der Waals surface area contributed by atoms with Crippen LogP contribution in [0.25, 0.3) is 0 Å². The molecule has 0 aromatic carbocycles. The number of hydrogen-bond donors (Lipinski definition) is 1. The van der Waals surface area contributed by atoms with Crippen LogP contribution in [0.15, 0.2) is 6.20 Å². The SMILES string of the molecule is CC(C)CCN(c1ncc(N)s1)C1CC1. The van der Waals surface area contributed by atoms with Crippen LogP contribution < -0.4 is 10.6 Å². The fraction of sp³-hybridized carbons (Fsp3) is 0.727. The number of nitrogen functional groups attached to an aromatic ring is 1. The summed E-state index contributed by atoms with van der Waals surface area (Å²) in [4.78, 5) is 6.81. The van der Waals surface area contributed by atoms with E-state index >= 15 is 0 Å². The lowest BCUT2D eigenvalue weighted by molar-refractivity contribution is 0.570. The summed E-state index contributed by atoms with van der Waals surface area (Å²) in [5.74, 6) is 0.753. The van der Waals surface area contributed by atoms with Crippen LogP contribution in [-0.4, -0.2) is 17.6 Å². The number of aromatic nitrogens is 1. The summed E-state index contributed by atoms with van der Waals surface area (Å²) >= 11 is 1.61. The quantitative estimate of drug-likeness (QED) is 0.838. The lowest BCUT2D eigenvalue weighted by Crippen LogP contribution is -2.27. The van der Waals surface area contributed by atoms with Crippen molar-refractivity contribution >= 4 is 21.5 Å². The maximum Gasteiger partial charge on any atom is 0.187 e. The van der Waals surface area contributed by atoms with Crippen molar-refractivity contribution in [2.24, 2.45) is 5.92 Å². The Morgan fingerprint density at radius 1 is 1.60 bits per heavy atom. The van der Waals surface area contributed by atoms with Gasteiger partial charge in [-0.15, -0.1) is 0 Å². The molecule has 0 unspecified atom stereocenters. The standard InChI is InChI=1S/C11H19N3S/c1-8(2)5-6-14(9-3-4-9)11-13-7-10(12)15-11/h7-9H,3-6,12H2,1-2H3. The van der Waals surface area contributed by atoms with E-state index in [1.54, 1.807) is 17.5 Å². The lowest BCUT2D eigenvalue weighted by atomic mass is 10.1. The highest BCUT2D eigenvalue weighted by molar-refractivity contribution is 7.19. The molecule has 0 aliphatic heterocycles. The molecule has 15 heavy (non-hydrogen) atoms. The molecule has 4 heteroatoms. The molecule has 0 atom stereocenters. The molecule has 0 radical (unpaired) electrons. The molecule has 3 nitrogen and oxygen atoms in total. The Labute approximate surface area is 95.3 Å². The summed E-state index contributed by atoms with van der Waals surface area (Å²) in [5.41, 5.74) is 5.72. The third kappa shape index (κ3) is 2.84. The molecule has 0 saturated heterocycles. The van der Waals surface area contributed by atoms with E-state index in [9.17, 15) is 0 Å². The molecule has 1 aliphatic carbocycles. The van der Waals surface area contributed by atoms with Gasteiger partial charge in [0, 0.05) is 12.6 Å². The summed E-state index contributed by atoms with van der Waals surface area (Å²) in [6.07, 6.45) is 5.63. The van der Waals surface area contributed by atoms with Crippen molar-refractivity contribution < 1.29 is 0 Å². The summed E-state index contributed by atoms with van der Waals surface area (Å²) in [7, 11) is 0. The molecule has 2 rings (SSSR count). The van der Waals surface area contributed by atoms with E-state index < -0.39 is 0 Å². The normalized spacial score (nSPS) is 15.9. The first-order valence-corrected chi connectivity index (χ1v) is 6.46. The maximum atomic E-state index is 5.72. The molecule has 1 aromatic rings. The van der Waals surface area contributed by atoms with Gasteiger partial charge in [-0.2, -0.15) is 0 Å². The predicted molar refractivity (Wildman–Crippen MR) is 66.3 cm³/mol. The second kappa shape index (κ2) is 4.39. The van der Waals surface area contributed by atoms with E-state index in [0.29, 0.717) is 0 Å². The van der Waals surface area contributed by atoms with E-state index in [1.165, 1.54) is 19.3 Å². The average molecular weight is 225 g/mol. The zero-order valence-corrected chi connectivity index (χ0v) is 10.3. The van der Waals surface area contributed by atoms with Gasteiger partial charge in [0.2, 0.25) is 0 Å². The third-order valence-electron chi connectivity index (χ3n) is 2.69. The van der Waals surface area contributed by atoms with Crippen molar-refractivity contribution in [3.63, 3.8) is 0 Å². The van der Waals surface area contributed by atoms with Crippen LogP contribution in [0.5, 0.6) is 0 Å². The van der Waals surface area contributed by atoms with E-state index in [2.05, 4.69) is 23.7 Å². The molecule has 2 N–H and O–H groups in total. The van der Waals surface area contributed by atoms with Gasteiger partial charge in [0.1, 0.15) is 5.00 Å². The van der Waals surface area contributed by atoms with Gasteiger partial charge in [-0.3, -0.25) is 0 Å². The number of thiazole rings is 1. The Bertz CT molecular complexity index is 317. The molecule has 0 amide bonds. The molecule has 0 bridgehead atoms. The largest absolute Gasteiger partial charge is 0.389 e.